The van der Waals surface area contributed by atoms with Gasteiger partial charge < -0.3 is 0 Å². The van der Waals surface area contributed by atoms with Crippen LogP contribution in [0.5, 0.6) is 0 Å². The van der Waals surface area contributed by atoms with Gasteiger partial charge in [-0.15, -0.1) is 0 Å². The summed E-state index contributed by atoms with van der Waals surface area (Å²) in [7, 11) is 0. The standard InChI is InChI=1S/C20H19NS/c1-2-16-4-5-17-6-7-18(19(3-1)20(16)17)14-22-13-10-15-8-11-21-12-9-15/h1-3,6-9,11-12H,4-5,10,13-14H2. The molecule has 0 fully saturated rings. The quantitative estimate of drug-likeness (QED) is 0.627. The van der Waals surface area contributed by atoms with Crippen LogP contribution in [0, 0.1) is 0 Å². The number of benzene rings is 2. The van der Waals surface area contributed by atoms with Crippen LogP contribution in [-0.2, 0) is 25.0 Å². The minimum absolute atomic E-state index is 1.10. The lowest BCUT2D eigenvalue weighted by molar-refractivity contribution is 1.02. The molecule has 0 N–H and O–H groups in total. The normalized spacial score (nSPS) is 12.9. The zero-order valence-corrected chi connectivity index (χ0v) is 13.4. The molecule has 1 aliphatic carbocycles. The number of pyridine rings is 1. The summed E-state index contributed by atoms with van der Waals surface area (Å²) in [6.07, 6.45) is 7.30. The van der Waals surface area contributed by atoms with Gasteiger partial charge in [0.15, 0.2) is 0 Å². The molecular weight excluding hydrogens is 286 g/mol. The summed E-state index contributed by atoms with van der Waals surface area (Å²) in [5.41, 5.74) is 5.94. The van der Waals surface area contributed by atoms with Crippen molar-refractivity contribution < 1.29 is 0 Å². The van der Waals surface area contributed by atoms with E-state index in [-0.39, 0.29) is 0 Å². The zero-order chi connectivity index (χ0) is 14.8. The van der Waals surface area contributed by atoms with Gasteiger partial charge in [0.05, 0.1) is 0 Å². The summed E-state index contributed by atoms with van der Waals surface area (Å²) >= 11 is 2.03. The summed E-state index contributed by atoms with van der Waals surface area (Å²) in [6, 6.07) is 15.7. The van der Waals surface area contributed by atoms with Crippen LogP contribution in [0.15, 0.2) is 54.9 Å². The lowest BCUT2D eigenvalue weighted by atomic mass is 10.0. The van der Waals surface area contributed by atoms with E-state index in [4.69, 9.17) is 0 Å². The topological polar surface area (TPSA) is 12.9 Å². The van der Waals surface area contributed by atoms with E-state index in [9.17, 15) is 0 Å². The Hall–Kier alpha value is -1.80. The van der Waals surface area contributed by atoms with Gasteiger partial charge in [0.1, 0.15) is 0 Å². The molecule has 0 bridgehead atoms. The molecule has 0 saturated carbocycles. The Morgan fingerprint density at radius 3 is 2.59 bits per heavy atom. The molecule has 0 spiro atoms. The van der Waals surface area contributed by atoms with E-state index in [1.54, 1.807) is 0 Å². The predicted molar refractivity (Wildman–Crippen MR) is 95.5 cm³/mol. The van der Waals surface area contributed by atoms with E-state index in [0.29, 0.717) is 0 Å². The van der Waals surface area contributed by atoms with Crippen molar-refractivity contribution in [3.63, 3.8) is 0 Å². The van der Waals surface area contributed by atoms with Crippen molar-refractivity contribution in [1.29, 1.82) is 0 Å². The summed E-state index contributed by atoms with van der Waals surface area (Å²) in [5.74, 6) is 2.26. The molecule has 0 aliphatic heterocycles. The van der Waals surface area contributed by atoms with Crippen LogP contribution in [0.1, 0.15) is 22.3 Å². The van der Waals surface area contributed by atoms with Crippen molar-refractivity contribution in [2.45, 2.75) is 25.0 Å². The van der Waals surface area contributed by atoms with Crippen molar-refractivity contribution in [3.05, 3.63) is 77.1 Å². The molecule has 1 aliphatic rings. The average molecular weight is 305 g/mol. The Balaban J connectivity index is 1.47. The number of aryl methyl sites for hydroxylation is 3. The molecule has 2 heteroatoms. The molecule has 0 radical (unpaired) electrons. The van der Waals surface area contributed by atoms with Crippen molar-refractivity contribution >= 4 is 22.5 Å². The highest BCUT2D eigenvalue weighted by Gasteiger charge is 2.15. The maximum atomic E-state index is 4.07. The van der Waals surface area contributed by atoms with Crippen LogP contribution in [0.25, 0.3) is 10.8 Å². The molecule has 1 nitrogen and oxygen atoms in total. The Morgan fingerprint density at radius 2 is 1.73 bits per heavy atom. The number of thioether (sulfide) groups is 1. The fourth-order valence-electron chi connectivity index (χ4n) is 3.35. The van der Waals surface area contributed by atoms with E-state index in [2.05, 4.69) is 47.4 Å². The van der Waals surface area contributed by atoms with Gasteiger partial charge in [0.25, 0.3) is 0 Å². The number of hydrogen-bond acceptors (Lipinski definition) is 2. The molecule has 3 aromatic rings. The fraction of sp³-hybridized carbons (Fsp3) is 0.250. The Morgan fingerprint density at radius 1 is 0.909 bits per heavy atom. The predicted octanol–water partition coefficient (Wildman–Crippen LogP) is 4.81. The first-order valence-corrected chi connectivity index (χ1v) is 9.06. The van der Waals surface area contributed by atoms with Crippen molar-refractivity contribution in [2.24, 2.45) is 0 Å². The van der Waals surface area contributed by atoms with E-state index >= 15 is 0 Å². The van der Waals surface area contributed by atoms with Crippen molar-refractivity contribution in [3.8, 4) is 0 Å². The van der Waals surface area contributed by atoms with Crippen LogP contribution in [0.2, 0.25) is 0 Å². The number of nitrogens with zero attached hydrogens (tertiary/aromatic N) is 1. The lowest BCUT2D eigenvalue weighted by Crippen LogP contribution is -1.91. The van der Waals surface area contributed by atoms with Crippen LogP contribution in [-0.4, -0.2) is 10.7 Å². The minimum Gasteiger partial charge on any atom is -0.265 e. The second-order valence-electron chi connectivity index (χ2n) is 5.88. The van der Waals surface area contributed by atoms with Crippen LogP contribution >= 0.6 is 11.8 Å². The van der Waals surface area contributed by atoms with E-state index in [1.807, 2.05) is 24.2 Å². The highest BCUT2D eigenvalue weighted by Crippen LogP contribution is 2.34. The molecule has 1 heterocycles. The second kappa shape index (κ2) is 6.13. The van der Waals surface area contributed by atoms with E-state index < -0.39 is 0 Å². The van der Waals surface area contributed by atoms with Gasteiger partial charge >= 0.3 is 0 Å². The third-order valence-electron chi connectivity index (χ3n) is 4.51. The van der Waals surface area contributed by atoms with Gasteiger partial charge in [-0.2, -0.15) is 11.8 Å². The van der Waals surface area contributed by atoms with Crippen LogP contribution in [0.4, 0.5) is 0 Å². The fourth-order valence-corrected chi connectivity index (χ4v) is 4.35. The highest BCUT2D eigenvalue weighted by atomic mass is 32.2. The summed E-state index contributed by atoms with van der Waals surface area (Å²) in [4.78, 5) is 4.07. The number of hydrogen-bond donors (Lipinski definition) is 0. The molecule has 110 valence electrons. The molecule has 0 saturated heterocycles. The largest absolute Gasteiger partial charge is 0.265 e. The van der Waals surface area contributed by atoms with Gasteiger partial charge in [0, 0.05) is 18.1 Å². The molecule has 22 heavy (non-hydrogen) atoms. The Labute approximate surface area is 135 Å². The monoisotopic (exact) mass is 305 g/mol. The van der Waals surface area contributed by atoms with Gasteiger partial charge in [0.2, 0.25) is 0 Å². The average Bonchev–Trinajstić information content (AvgIpc) is 2.99. The second-order valence-corrected chi connectivity index (χ2v) is 6.99. The van der Waals surface area contributed by atoms with Crippen molar-refractivity contribution in [1.82, 2.24) is 4.98 Å². The summed E-state index contributed by atoms with van der Waals surface area (Å²) in [6.45, 7) is 0. The van der Waals surface area contributed by atoms with E-state index in [1.165, 1.54) is 45.9 Å². The summed E-state index contributed by atoms with van der Waals surface area (Å²) in [5, 5.41) is 3.01. The first kappa shape index (κ1) is 13.8. The maximum absolute atomic E-state index is 4.07. The van der Waals surface area contributed by atoms with Gasteiger partial charge in [-0.3, -0.25) is 4.98 Å². The van der Waals surface area contributed by atoms with Gasteiger partial charge in [-0.1, -0.05) is 30.3 Å². The zero-order valence-electron chi connectivity index (χ0n) is 12.6. The van der Waals surface area contributed by atoms with Crippen LogP contribution in [0.3, 0.4) is 0 Å². The SMILES string of the molecule is c1cc2c3c(ccc(CSCCc4ccncc4)c3c1)CC2. The lowest BCUT2D eigenvalue weighted by Gasteiger charge is -2.09. The number of aromatic nitrogens is 1. The molecule has 1 aromatic heterocycles. The van der Waals surface area contributed by atoms with Crippen molar-refractivity contribution in [2.75, 3.05) is 5.75 Å². The molecule has 4 rings (SSSR count). The molecule has 2 aromatic carbocycles. The van der Waals surface area contributed by atoms with Gasteiger partial charge in [-0.25, -0.2) is 0 Å². The summed E-state index contributed by atoms with van der Waals surface area (Å²) < 4.78 is 0. The highest BCUT2D eigenvalue weighted by molar-refractivity contribution is 7.98. The third kappa shape index (κ3) is 2.64. The molecule has 0 amide bonds. The Bertz CT molecular complexity index is 785. The molecular formula is C20H19NS. The Kier molecular flexibility index (Phi) is 3.86. The maximum Gasteiger partial charge on any atom is 0.0270 e. The molecule has 0 atom stereocenters. The molecule has 0 unspecified atom stereocenters. The van der Waals surface area contributed by atoms with Crippen LogP contribution < -0.4 is 0 Å². The smallest absolute Gasteiger partial charge is 0.0270 e. The van der Waals surface area contributed by atoms with E-state index in [0.717, 1.165) is 17.9 Å². The first-order chi connectivity index (χ1) is 10.9. The first-order valence-electron chi connectivity index (χ1n) is 7.91. The van der Waals surface area contributed by atoms with Gasteiger partial charge in [-0.05, 0) is 70.2 Å². The number of rotatable bonds is 5. The minimum atomic E-state index is 1.10. The third-order valence-corrected chi connectivity index (χ3v) is 5.52.